The van der Waals surface area contributed by atoms with Gasteiger partial charge in [0.1, 0.15) is 12.0 Å². The molecule has 0 aliphatic heterocycles. The monoisotopic (exact) mass is 229 g/mol. The zero-order chi connectivity index (χ0) is 10.1. The Hall–Kier alpha value is -1.26. The number of H-pyrrole nitrogens is 1. The minimum absolute atomic E-state index is 0.375. The van der Waals surface area contributed by atoms with E-state index in [0.29, 0.717) is 15.7 Å². The maximum atomic E-state index is 11.3. The molecule has 72 valence electrons. The molecule has 6 heteroatoms. The Balaban J connectivity index is 2.74. The summed E-state index contributed by atoms with van der Waals surface area (Å²) < 4.78 is 1.12. The molecule has 0 radical (unpaired) electrons. The number of nitrogens with one attached hydrogen (secondary N) is 1. The molecule has 0 fully saturated rings. The fraction of sp³-hybridized carbons (Fsp3) is 0. The first kappa shape index (κ1) is 9.30. The lowest BCUT2D eigenvalue weighted by atomic mass is 10.3. The lowest BCUT2D eigenvalue weighted by molar-refractivity contribution is 0.843. The molecular formula is C8H5Cl2N3O. The number of nitrogens with zero attached hydrogens (tertiary/aromatic N) is 2. The summed E-state index contributed by atoms with van der Waals surface area (Å²) in [6.45, 7) is 0. The predicted octanol–water partition coefficient (Wildman–Crippen LogP) is 1.87. The van der Waals surface area contributed by atoms with Crippen LogP contribution in [0.2, 0.25) is 10.0 Å². The van der Waals surface area contributed by atoms with Gasteiger partial charge in [-0.05, 0) is 12.1 Å². The standard InChI is InChI=1S/C8H5Cl2N3O/c9-5-2-1-3-6(10)7(5)13-8(14)11-4-12-13/h1-4H,(H,11,12,14). The second-order valence-corrected chi connectivity index (χ2v) is 3.39. The topological polar surface area (TPSA) is 50.7 Å². The molecule has 0 aliphatic carbocycles. The van der Waals surface area contributed by atoms with Crippen LogP contribution in [0.3, 0.4) is 0 Å². The Kier molecular flexibility index (Phi) is 2.31. The molecule has 1 aromatic heterocycles. The molecule has 0 atom stereocenters. The Morgan fingerprint density at radius 3 is 2.43 bits per heavy atom. The van der Waals surface area contributed by atoms with Crippen molar-refractivity contribution < 1.29 is 0 Å². The normalized spacial score (nSPS) is 10.4. The van der Waals surface area contributed by atoms with Crippen molar-refractivity contribution in [2.45, 2.75) is 0 Å². The summed E-state index contributed by atoms with van der Waals surface area (Å²) in [6, 6.07) is 4.99. The Bertz CT molecular complexity index is 497. The lowest BCUT2D eigenvalue weighted by Crippen LogP contribution is -2.16. The number of benzene rings is 1. The van der Waals surface area contributed by atoms with Crippen LogP contribution >= 0.6 is 23.2 Å². The van der Waals surface area contributed by atoms with Gasteiger partial charge < -0.3 is 0 Å². The molecule has 0 amide bonds. The van der Waals surface area contributed by atoms with Crippen molar-refractivity contribution in [1.29, 1.82) is 0 Å². The summed E-state index contributed by atoms with van der Waals surface area (Å²) in [5.41, 5.74) is 0.0158. The summed E-state index contributed by atoms with van der Waals surface area (Å²) in [6.07, 6.45) is 1.28. The largest absolute Gasteiger partial charge is 0.347 e. The van der Waals surface area contributed by atoms with Gasteiger partial charge in [-0.2, -0.15) is 9.78 Å². The van der Waals surface area contributed by atoms with Crippen molar-refractivity contribution in [3.8, 4) is 5.69 Å². The summed E-state index contributed by atoms with van der Waals surface area (Å²) in [5.74, 6) is 0. The zero-order valence-corrected chi connectivity index (χ0v) is 8.38. The van der Waals surface area contributed by atoms with Crippen LogP contribution in [-0.2, 0) is 0 Å². The molecule has 1 aromatic carbocycles. The van der Waals surface area contributed by atoms with Gasteiger partial charge in [0.2, 0.25) is 0 Å². The molecule has 0 aliphatic rings. The highest BCUT2D eigenvalue weighted by molar-refractivity contribution is 6.37. The fourth-order valence-electron chi connectivity index (χ4n) is 1.11. The summed E-state index contributed by atoms with van der Waals surface area (Å²) >= 11 is 11.8. The highest BCUT2D eigenvalue weighted by atomic mass is 35.5. The lowest BCUT2D eigenvalue weighted by Gasteiger charge is -2.03. The van der Waals surface area contributed by atoms with Crippen LogP contribution in [0.25, 0.3) is 5.69 Å². The van der Waals surface area contributed by atoms with Gasteiger partial charge in [-0.15, -0.1) is 0 Å². The highest BCUT2D eigenvalue weighted by Crippen LogP contribution is 2.26. The van der Waals surface area contributed by atoms with Gasteiger partial charge in [-0.1, -0.05) is 29.3 Å². The van der Waals surface area contributed by atoms with Gasteiger partial charge in [-0.3, -0.25) is 4.98 Å². The van der Waals surface area contributed by atoms with Gasteiger partial charge in [0.15, 0.2) is 0 Å². The molecule has 14 heavy (non-hydrogen) atoms. The Morgan fingerprint density at radius 1 is 1.29 bits per heavy atom. The summed E-state index contributed by atoms with van der Waals surface area (Å²) in [5, 5.41) is 4.55. The fourth-order valence-corrected chi connectivity index (χ4v) is 1.66. The molecule has 0 unspecified atom stereocenters. The van der Waals surface area contributed by atoms with Crippen LogP contribution in [-0.4, -0.2) is 14.8 Å². The van der Waals surface area contributed by atoms with Gasteiger partial charge >= 0.3 is 5.69 Å². The number of aromatic nitrogens is 3. The number of aromatic amines is 1. The number of rotatable bonds is 1. The highest BCUT2D eigenvalue weighted by Gasteiger charge is 2.10. The van der Waals surface area contributed by atoms with E-state index in [0.717, 1.165) is 4.68 Å². The molecule has 0 saturated heterocycles. The van der Waals surface area contributed by atoms with E-state index >= 15 is 0 Å². The summed E-state index contributed by atoms with van der Waals surface area (Å²) in [4.78, 5) is 13.7. The van der Waals surface area contributed by atoms with E-state index in [-0.39, 0.29) is 5.69 Å². The maximum Gasteiger partial charge on any atom is 0.347 e. The van der Waals surface area contributed by atoms with Gasteiger partial charge in [0, 0.05) is 0 Å². The van der Waals surface area contributed by atoms with Crippen molar-refractivity contribution in [2.24, 2.45) is 0 Å². The number of hydrogen-bond donors (Lipinski definition) is 1. The predicted molar refractivity (Wildman–Crippen MR) is 54.2 cm³/mol. The molecule has 1 heterocycles. The smallest absolute Gasteiger partial charge is 0.295 e. The van der Waals surface area contributed by atoms with Crippen molar-refractivity contribution >= 4 is 23.2 Å². The first-order chi connectivity index (χ1) is 6.70. The van der Waals surface area contributed by atoms with Crippen molar-refractivity contribution in [1.82, 2.24) is 14.8 Å². The van der Waals surface area contributed by atoms with Crippen LogP contribution in [0.4, 0.5) is 0 Å². The van der Waals surface area contributed by atoms with E-state index in [4.69, 9.17) is 23.2 Å². The SMILES string of the molecule is O=c1[nH]cnn1-c1c(Cl)cccc1Cl. The molecular weight excluding hydrogens is 225 g/mol. The number of halogens is 2. The first-order valence-electron chi connectivity index (χ1n) is 3.77. The van der Waals surface area contributed by atoms with Crippen LogP contribution in [0.1, 0.15) is 0 Å². The van der Waals surface area contributed by atoms with Gasteiger partial charge in [0.05, 0.1) is 10.0 Å². The third kappa shape index (κ3) is 1.42. The summed E-state index contributed by atoms with van der Waals surface area (Å²) in [7, 11) is 0. The molecule has 2 rings (SSSR count). The minimum atomic E-state index is -0.375. The van der Waals surface area contributed by atoms with Gasteiger partial charge in [0.25, 0.3) is 0 Å². The third-order valence-corrected chi connectivity index (χ3v) is 2.31. The Labute approximate surface area is 89.1 Å². The average Bonchev–Trinajstić information content (AvgIpc) is 2.52. The Morgan fingerprint density at radius 2 is 1.93 bits per heavy atom. The van der Waals surface area contributed by atoms with Crippen LogP contribution in [0.5, 0.6) is 0 Å². The van der Waals surface area contributed by atoms with E-state index in [1.807, 2.05) is 0 Å². The van der Waals surface area contributed by atoms with E-state index in [1.165, 1.54) is 6.33 Å². The third-order valence-electron chi connectivity index (χ3n) is 1.70. The van der Waals surface area contributed by atoms with E-state index < -0.39 is 0 Å². The second-order valence-electron chi connectivity index (χ2n) is 2.58. The quantitative estimate of drug-likeness (QED) is 0.812. The first-order valence-corrected chi connectivity index (χ1v) is 4.53. The zero-order valence-electron chi connectivity index (χ0n) is 6.87. The van der Waals surface area contributed by atoms with Crippen molar-refractivity contribution in [2.75, 3.05) is 0 Å². The molecule has 0 bridgehead atoms. The molecule has 4 nitrogen and oxygen atoms in total. The minimum Gasteiger partial charge on any atom is -0.295 e. The molecule has 0 spiro atoms. The van der Waals surface area contributed by atoms with Crippen molar-refractivity contribution in [3.05, 3.63) is 45.1 Å². The number of para-hydroxylation sites is 1. The maximum absolute atomic E-state index is 11.3. The molecule has 1 N–H and O–H groups in total. The van der Waals surface area contributed by atoms with E-state index in [1.54, 1.807) is 18.2 Å². The average molecular weight is 230 g/mol. The van der Waals surface area contributed by atoms with Crippen LogP contribution in [0.15, 0.2) is 29.3 Å². The van der Waals surface area contributed by atoms with E-state index in [9.17, 15) is 4.79 Å². The van der Waals surface area contributed by atoms with Crippen LogP contribution < -0.4 is 5.69 Å². The van der Waals surface area contributed by atoms with Gasteiger partial charge in [-0.25, -0.2) is 4.79 Å². The van der Waals surface area contributed by atoms with Crippen LogP contribution in [0, 0.1) is 0 Å². The van der Waals surface area contributed by atoms with E-state index in [2.05, 4.69) is 10.1 Å². The second kappa shape index (κ2) is 3.48. The molecule has 2 aromatic rings. The van der Waals surface area contributed by atoms with Crippen molar-refractivity contribution in [3.63, 3.8) is 0 Å². The number of hydrogen-bond acceptors (Lipinski definition) is 2. The molecule has 0 saturated carbocycles.